The number of hydrogen-bond donors (Lipinski definition) is 1. The van der Waals surface area contributed by atoms with E-state index in [1.165, 1.54) is 4.31 Å². The van der Waals surface area contributed by atoms with Crippen LogP contribution in [0.1, 0.15) is 49.8 Å². The highest BCUT2D eigenvalue weighted by atomic mass is 32.2. The quantitative estimate of drug-likeness (QED) is 0.264. The van der Waals surface area contributed by atoms with Gasteiger partial charge in [0, 0.05) is 32.0 Å². The van der Waals surface area contributed by atoms with E-state index >= 15 is 0 Å². The second-order valence-electron chi connectivity index (χ2n) is 10.7. The normalized spacial score (nSPS) is 12.7. The van der Waals surface area contributed by atoms with Gasteiger partial charge in [-0.1, -0.05) is 67.1 Å². The molecule has 0 heterocycles. The van der Waals surface area contributed by atoms with Crippen molar-refractivity contribution >= 4 is 27.5 Å². The second kappa shape index (κ2) is 15.4. The average molecular weight is 594 g/mol. The summed E-state index contributed by atoms with van der Waals surface area (Å²) < 4.78 is 31.8. The lowest BCUT2D eigenvalue weighted by atomic mass is 10.0. The average Bonchev–Trinajstić information content (AvgIpc) is 2.97. The highest BCUT2D eigenvalue weighted by Crippen LogP contribution is 2.23. The van der Waals surface area contributed by atoms with E-state index in [4.69, 9.17) is 4.74 Å². The minimum Gasteiger partial charge on any atom is -0.497 e. The van der Waals surface area contributed by atoms with Crippen LogP contribution in [0.25, 0.3) is 0 Å². The first-order valence-electron chi connectivity index (χ1n) is 14.3. The molecule has 0 saturated heterocycles. The van der Waals surface area contributed by atoms with Crippen molar-refractivity contribution < 1.29 is 22.7 Å². The first-order chi connectivity index (χ1) is 20.0. The fourth-order valence-electron chi connectivity index (χ4n) is 4.75. The lowest BCUT2D eigenvalue weighted by molar-refractivity contribution is -0.141. The van der Waals surface area contributed by atoms with Crippen molar-refractivity contribution in [2.45, 2.75) is 65.1 Å². The Morgan fingerprint density at radius 1 is 0.952 bits per heavy atom. The van der Waals surface area contributed by atoms with Crippen LogP contribution in [0.5, 0.6) is 5.75 Å². The molecular weight excluding hydrogens is 550 g/mol. The summed E-state index contributed by atoms with van der Waals surface area (Å²) in [4.78, 5) is 29.3. The maximum absolute atomic E-state index is 13.9. The van der Waals surface area contributed by atoms with Gasteiger partial charge in [-0.05, 0) is 62.1 Å². The number of nitrogens with one attached hydrogen (secondary N) is 1. The summed E-state index contributed by atoms with van der Waals surface area (Å²) in [6.45, 7) is 6.33. The monoisotopic (exact) mass is 593 g/mol. The molecule has 0 aliphatic rings. The summed E-state index contributed by atoms with van der Waals surface area (Å²) in [5.41, 5.74) is 3.43. The number of carbonyl (C=O) groups excluding carboxylic acids is 2. The van der Waals surface area contributed by atoms with Gasteiger partial charge in [0.1, 0.15) is 11.8 Å². The third-order valence-corrected chi connectivity index (χ3v) is 8.41. The molecule has 2 amide bonds. The summed E-state index contributed by atoms with van der Waals surface area (Å²) in [6, 6.07) is 23.6. The van der Waals surface area contributed by atoms with Crippen LogP contribution >= 0.6 is 0 Å². The molecule has 2 atom stereocenters. The minimum atomic E-state index is -3.59. The second-order valence-corrected chi connectivity index (χ2v) is 12.6. The standard InChI is InChI=1S/C33H43N3O5S/c1-6-26(3)34-33(38)31(23-27-13-8-7-9-14-27)35(24-28-15-10-12-25(2)22-28)32(37)16-11-21-36(42(5,39)40)29-17-19-30(41-4)20-18-29/h7-10,12-15,17-20,22,26,31H,6,11,16,21,23-24H2,1-5H3,(H,34,38)/t26-,31-/m1/s1. The predicted molar refractivity (Wildman–Crippen MR) is 168 cm³/mol. The molecule has 0 aliphatic carbocycles. The van der Waals surface area contributed by atoms with Crippen LogP contribution in [0.15, 0.2) is 78.9 Å². The summed E-state index contributed by atoms with van der Waals surface area (Å²) in [6.07, 6.45) is 2.64. The van der Waals surface area contributed by atoms with Crippen molar-refractivity contribution in [1.29, 1.82) is 0 Å². The van der Waals surface area contributed by atoms with Crippen LogP contribution in [0.2, 0.25) is 0 Å². The molecule has 42 heavy (non-hydrogen) atoms. The molecule has 9 heteroatoms. The SMILES string of the molecule is CC[C@@H](C)NC(=O)[C@@H](Cc1ccccc1)N(Cc1cccc(C)c1)C(=O)CCCN(c1ccc(OC)cc1)S(C)(=O)=O. The number of carbonyl (C=O) groups is 2. The number of ether oxygens (including phenoxy) is 1. The van der Waals surface area contributed by atoms with Crippen LogP contribution in [0, 0.1) is 6.92 Å². The molecule has 3 aromatic carbocycles. The van der Waals surface area contributed by atoms with Gasteiger partial charge in [0.15, 0.2) is 0 Å². The maximum Gasteiger partial charge on any atom is 0.243 e. The van der Waals surface area contributed by atoms with Gasteiger partial charge in [0.05, 0.1) is 19.1 Å². The summed E-state index contributed by atoms with van der Waals surface area (Å²) in [5, 5.41) is 3.08. The molecule has 0 aromatic heterocycles. The Morgan fingerprint density at radius 2 is 1.62 bits per heavy atom. The van der Waals surface area contributed by atoms with Crippen LogP contribution in [0.3, 0.4) is 0 Å². The highest BCUT2D eigenvalue weighted by Gasteiger charge is 2.31. The van der Waals surface area contributed by atoms with E-state index in [-0.39, 0.29) is 43.8 Å². The van der Waals surface area contributed by atoms with Gasteiger partial charge in [-0.25, -0.2) is 8.42 Å². The zero-order valence-electron chi connectivity index (χ0n) is 25.2. The van der Waals surface area contributed by atoms with E-state index in [0.717, 1.165) is 29.4 Å². The van der Waals surface area contributed by atoms with E-state index in [9.17, 15) is 18.0 Å². The molecule has 0 aliphatic heterocycles. The Morgan fingerprint density at radius 3 is 2.21 bits per heavy atom. The molecule has 3 aromatic rings. The molecule has 0 saturated carbocycles. The van der Waals surface area contributed by atoms with Crippen molar-refractivity contribution in [1.82, 2.24) is 10.2 Å². The van der Waals surface area contributed by atoms with Crippen molar-refractivity contribution in [2.75, 3.05) is 24.2 Å². The van der Waals surface area contributed by atoms with E-state index in [0.29, 0.717) is 17.9 Å². The molecular formula is C33H43N3O5S. The van der Waals surface area contributed by atoms with Gasteiger partial charge in [-0.15, -0.1) is 0 Å². The number of benzene rings is 3. The number of anilines is 1. The largest absolute Gasteiger partial charge is 0.497 e. The van der Waals surface area contributed by atoms with Gasteiger partial charge in [0.25, 0.3) is 0 Å². The van der Waals surface area contributed by atoms with E-state index in [1.807, 2.05) is 75.4 Å². The molecule has 0 bridgehead atoms. The summed E-state index contributed by atoms with van der Waals surface area (Å²) in [7, 11) is -2.05. The number of aryl methyl sites for hydroxylation is 1. The Balaban J connectivity index is 1.88. The lowest BCUT2D eigenvalue weighted by Crippen LogP contribution is -2.52. The van der Waals surface area contributed by atoms with E-state index in [1.54, 1.807) is 36.3 Å². The van der Waals surface area contributed by atoms with Crippen LogP contribution < -0.4 is 14.4 Å². The zero-order chi connectivity index (χ0) is 30.7. The lowest BCUT2D eigenvalue weighted by Gasteiger charge is -2.33. The molecule has 1 N–H and O–H groups in total. The van der Waals surface area contributed by atoms with Gasteiger partial charge in [0.2, 0.25) is 21.8 Å². The van der Waals surface area contributed by atoms with Gasteiger partial charge in [-0.3, -0.25) is 13.9 Å². The molecule has 0 radical (unpaired) electrons. The Kier molecular flexibility index (Phi) is 12.0. The first-order valence-corrected chi connectivity index (χ1v) is 16.2. The minimum absolute atomic E-state index is 0.0421. The van der Waals surface area contributed by atoms with Crippen LogP contribution in [0.4, 0.5) is 5.69 Å². The Labute approximate surface area is 250 Å². The Bertz CT molecular complexity index is 1410. The summed E-state index contributed by atoms with van der Waals surface area (Å²) >= 11 is 0. The highest BCUT2D eigenvalue weighted by molar-refractivity contribution is 7.92. The number of sulfonamides is 1. The number of nitrogens with zero attached hydrogens (tertiary/aromatic N) is 2. The third-order valence-electron chi connectivity index (χ3n) is 7.22. The fraction of sp³-hybridized carbons (Fsp3) is 0.394. The molecule has 3 rings (SSSR count). The molecule has 0 fully saturated rings. The van der Waals surface area contributed by atoms with Crippen LogP contribution in [-0.2, 0) is 32.6 Å². The molecule has 8 nitrogen and oxygen atoms in total. The summed E-state index contributed by atoms with van der Waals surface area (Å²) in [5.74, 6) is 0.208. The van der Waals surface area contributed by atoms with E-state index < -0.39 is 16.1 Å². The maximum atomic E-state index is 13.9. The fourth-order valence-corrected chi connectivity index (χ4v) is 5.72. The molecule has 0 spiro atoms. The van der Waals surface area contributed by atoms with Gasteiger partial charge in [-0.2, -0.15) is 0 Å². The zero-order valence-corrected chi connectivity index (χ0v) is 26.1. The van der Waals surface area contributed by atoms with E-state index in [2.05, 4.69) is 5.32 Å². The number of methoxy groups -OCH3 is 1. The first kappa shape index (κ1) is 32.7. The van der Waals surface area contributed by atoms with Crippen molar-refractivity contribution in [3.63, 3.8) is 0 Å². The van der Waals surface area contributed by atoms with Crippen LogP contribution in [-0.4, -0.2) is 57.1 Å². The Hall–Kier alpha value is -3.85. The van der Waals surface area contributed by atoms with Gasteiger partial charge >= 0.3 is 0 Å². The molecule has 226 valence electrons. The number of hydrogen-bond acceptors (Lipinski definition) is 5. The molecule has 0 unspecified atom stereocenters. The van der Waals surface area contributed by atoms with Crippen molar-refractivity contribution in [3.8, 4) is 5.75 Å². The predicted octanol–water partition coefficient (Wildman–Crippen LogP) is 5.10. The van der Waals surface area contributed by atoms with Crippen molar-refractivity contribution in [3.05, 3.63) is 95.6 Å². The number of rotatable bonds is 15. The van der Waals surface area contributed by atoms with Crippen molar-refractivity contribution in [2.24, 2.45) is 0 Å². The van der Waals surface area contributed by atoms with Gasteiger partial charge < -0.3 is 15.0 Å². The number of amides is 2. The smallest absolute Gasteiger partial charge is 0.243 e. The topological polar surface area (TPSA) is 96.0 Å². The third kappa shape index (κ3) is 9.62.